The fourth-order valence-corrected chi connectivity index (χ4v) is 3.61. The van der Waals surface area contributed by atoms with Gasteiger partial charge in [0.05, 0.1) is 10.7 Å². The number of thiazole rings is 1. The Kier molecular flexibility index (Phi) is 6.57. The number of likely N-dealkylation sites (N-methyl/N-ethyl adjacent to an activating group) is 1. The van der Waals surface area contributed by atoms with Crippen LogP contribution in [0.15, 0.2) is 24.3 Å². The van der Waals surface area contributed by atoms with Gasteiger partial charge in [0.2, 0.25) is 0 Å². The number of hydrogen-bond acceptors (Lipinski definition) is 4. The van der Waals surface area contributed by atoms with Gasteiger partial charge in [-0.05, 0) is 26.1 Å². The maximum atomic E-state index is 12.4. The average Bonchev–Trinajstić information content (AvgIpc) is 2.93. The van der Waals surface area contributed by atoms with E-state index >= 15 is 0 Å². The molecule has 2 rings (SSSR count). The summed E-state index contributed by atoms with van der Waals surface area (Å²) in [6, 6.07) is 7.55. The highest BCUT2D eigenvalue weighted by molar-refractivity contribution is 7.17. The normalized spacial score (nSPS) is 11.0. The topological polar surface area (TPSA) is 45.2 Å². The van der Waals surface area contributed by atoms with Gasteiger partial charge in [0, 0.05) is 18.7 Å². The minimum atomic E-state index is -0.0644. The van der Waals surface area contributed by atoms with Crippen LogP contribution in [0.3, 0.4) is 0 Å². The van der Waals surface area contributed by atoms with Crippen molar-refractivity contribution in [3.63, 3.8) is 0 Å². The molecule has 0 unspecified atom stereocenters. The van der Waals surface area contributed by atoms with E-state index in [1.807, 2.05) is 31.2 Å². The molecular formula is C17H22ClN3OS. The van der Waals surface area contributed by atoms with E-state index < -0.39 is 0 Å². The highest BCUT2D eigenvalue weighted by atomic mass is 35.5. The van der Waals surface area contributed by atoms with E-state index in [9.17, 15) is 4.79 Å². The molecule has 0 saturated carbocycles. The maximum Gasteiger partial charge on any atom is 0.263 e. The Labute approximate surface area is 146 Å². The number of halogens is 1. The van der Waals surface area contributed by atoms with Crippen molar-refractivity contribution in [2.45, 2.75) is 20.8 Å². The SMILES string of the molecule is CCN(CC)CCNC(=O)c1sc(-c2ccccc2Cl)nc1C. The van der Waals surface area contributed by atoms with Crippen LogP contribution in [0.25, 0.3) is 10.6 Å². The van der Waals surface area contributed by atoms with E-state index in [-0.39, 0.29) is 5.91 Å². The number of nitrogens with zero attached hydrogens (tertiary/aromatic N) is 2. The highest BCUT2D eigenvalue weighted by Crippen LogP contribution is 2.32. The van der Waals surface area contributed by atoms with E-state index in [2.05, 4.69) is 29.0 Å². The third-order valence-corrected chi connectivity index (χ3v) is 5.23. The second-order valence-electron chi connectivity index (χ2n) is 5.20. The van der Waals surface area contributed by atoms with Gasteiger partial charge in [-0.3, -0.25) is 4.79 Å². The summed E-state index contributed by atoms with van der Waals surface area (Å²) >= 11 is 7.59. The first kappa shape index (κ1) is 17.9. The quantitative estimate of drug-likeness (QED) is 0.824. The molecule has 4 nitrogen and oxygen atoms in total. The molecular weight excluding hydrogens is 330 g/mol. The number of amides is 1. The summed E-state index contributed by atoms with van der Waals surface area (Å²) in [5, 5.41) is 4.40. The van der Waals surface area contributed by atoms with Gasteiger partial charge in [-0.15, -0.1) is 11.3 Å². The van der Waals surface area contributed by atoms with E-state index in [4.69, 9.17) is 11.6 Å². The lowest BCUT2D eigenvalue weighted by Gasteiger charge is -2.17. The summed E-state index contributed by atoms with van der Waals surface area (Å²) in [6.07, 6.45) is 0. The molecule has 1 aromatic heterocycles. The smallest absolute Gasteiger partial charge is 0.263 e. The predicted molar refractivity (Wildman–Crippen MR) is 97.4 cm³/mol. The van der Waals surface area contributed by atoms with Gasteiger partial charge in [-0.25, -0.2) is 4.98 Å². The molecule has 124 valence electrons. The van der Waals surface area contributed by atoms with E-state index in [1.54, 1.807) is 0 Å². The molecule has 0 aliphatic carbocycles. The minimum Gasteiger partial charge on any atom is -0.350 e. The Morgan fingerprint density at radius 3 is 2.65 bits per heavy atom. The molecule has 1 amide bonds. The first-order valence-corrected chi connectivity index (χ1v) is 8.99. The fraction of sp³-hybridized carbons (Fsp3) is 0.412. The Bertz CT molecular complexity index is 668. The van der Waals surface area contributed by atoms with Crippen LogP contribution < -0.4 is 5.32 Å². The Morgan fingerprint density at radius 2 is 2.00 bits per heavy atom. The number of benzene rings is 1. The summed E-state index contributed by atoms with van der Waals surface area (Å²) in [5.41, 5.74) is 1.61. The Balaban J connectivity index is 2.06. The summed E-state index contributed by atoms with van der Waals surface area (Å²) < 4.78 is 0. The maximum absolute atomic E-state index is 12.4. The third kappa shape index (κ3) is 4.53. The van der Waals surface area contributed by atoms with E-state index in [0.717, 1.165) is 35.9 Å². The average molecular weight is 352 g/mol. The molecule has 23 heavy (non-hydrogen) atoms. The van der Waals surface area contributed by atoms with Crippen LogP contribution in [-0.2, 0) is 0 Å². The van der Waals surface area contributed by atoms with Crippen molar-refractivity contribution in [3.8, 4) is 10.6 Å². The van der Waals surface area contributed by atoms with Crippen molar-refractivity contribution >= 4 is 28.8 Å². The zero-order valence-corrected chi connectivity index (χ0v) is 15.3. The second kappa shape index (κ2) is 8.43. The van der Waals surface area contributed by atoms with Crippen molar-refractivity contribution in [2.75, 3.05) is 26.2 Å². The standard InChI is InChI=1S/C17H22ClN3OS/c1-4-21(5-2)11-10-19-16(22)15-12(3)20-17(23-15)13-8-6-7-9-14(13)18/h6-9H,4-5,10-11H2,1-3H3,(H,19,22). The zero-order valence-electron chi connectivity index (χ0n) is 13.7. The molecule has 1 heterocycles. The fourth-order valence-electron chi connectivity index (χ4n) is 2.30. The van der Waals surface area contributed by atoms with Crippen molar-refractivity contribution in [3.05, 3.63) is 39.9 Å². The van der Waals surface area contributed by atoms with Crippen LogP contribution in [0.1, 0.15) is 29.2 Å². The zero-order chi connectivity index (χ0) is 16.8. The molecule has 0 spiro atoms. The molecule has 0 atom stereocenters. The van der Waals surface area contributed by atoms with Crippen molar-refractivity contribution < 1.29 is 4.79 Å². The largest absolute Gasteiger partial charge is 0.350 e. The van der Waals surface area contributed by atoms with Crippen molar-refractivity contribution in [1.82, 2.24) is 15.2 Å². The molecule has 1 N–H and O–H groups in total. The number of aryl methyl sites for hydroxylation is 1. The van der Waals surface area contributed by atoms with Gasteiger partial charge in [0.15, 0.2) is 0 Å². The number of nitrogens with one attached hydrogen (secondary N) is 1. The number of rotatable bonds is 7. The molecule has 0 bridgehead atoms. The minimum absolute atomic E-state index is 0.0644. The van der Waals surface area contributed by atoms with Crippen molar-refractivity contribution in [2.24, 2.45) is 0 Å². The van der Waals surface area contributed by atoms with Crippen LogP contribution in [0, 0.1) is 6.92 Å². The van der Waals surface area contributed by atoms with Gasteiger partial charge in [0.25, 0.3) is 5.91 Å². The first-order chi connectivity index (χ1) is 11.1. The Morgan fingerprint density at radius 1 is 1.30 bits per heavy atom. The molecule has 0 aliphatic heterocycles. The van der Waals surface area contributed by atoms with Crippen LogP contribution in [0.2, 0.25) is 5.02 Å². The second-order valence-corrected chi connectivity index (χ2v) is 6.60. The number of hydrogen-bond donors (Lipinski definition) is 1. The molecule has 0 aliphatic rings. The third-order valence-electron chi connectivity index (χ3n) is 3.72. The lowest BCUT2D eigenvalue weighted by molar-refractivity contribution is 0.0952. The summed E-state index contributed by atoms with van der Waals surface area (Å²) in [4.78, 5) is 19.8. The van der Waals surface area contributed by atoms with E-state index in [0.29, 0.717) is 16.4 Å². The van der Waals surface area contributed by atoms with Crippen LogP contribution in [-0.4, -0.2) is 42.0 Å². The lowest BCUT2D eigenvalue weighted by atomic mass is 10.2. The van der Waals surface area contributed by atoms with Crippen molar-refractivity contribution in [1.29, 1.82) is 0 Å². The van der Waals surface area contributed by atoms with Crippen LogP contribution >= 0.6 is 22.9 Å². The monoisotopic (exact) mass is 351 g/mol. The number of aromatic nitrogens is 1. The van der Waals surface area contributed by atoms with Crippen LogP contribution in [0.4, 0.5) is 0 Å². The van der Waals surface area contributed by atoms with Gasteiger partial charge < -0.3 is 10.2 Å². The molecule has 1 aromatic carbocycles. The molecule has 0 saturated heterocycles. The van der Waals surface area contributed by atoms with Gasteiger partial charge in [0.1, 0.15) is 9.88 Å². The Hall–Kier alpha value is -1.43. The van der Waals surface area contributed by atoms with Gasteiger partial charge >= 0.3 is 0 Å². The van der Waals surface area contributed by atoms with Gasteiger partial charge in [-0.1, -0.05) is 43.6 Å². The molecule has 6 heteroatoms. The summed E-state index contributed by atoms with van der Waals surface area (Å²) in [7, 11) is 0. The lowest BCUT2D eigenvalue weighted by Crippen LogP contribution is -2.34. The molecule has 0 radical (unpaired) electrons. The number of carbonyl (C=O) groups excluding carboxylic acids is 1. The van der Waals surface area contributed by atoms with E-state index in [1.165, 1.54) is 11.3 Å². The number of carbonyl (C=O) groups is 1. The van der Waals surface area contributed by atoms with Gasteiger partial charge in [-0.2, -0.15) is 0 Å². The summed E-state index contributed by atoms with van der Waals surface area (Å²) in [6.45, 7) is 9.57. The van der Waals surface area contributed by atoms with Crippen LogP contribution in [0.5, 0.6) is 0 Å². The molecule has 0 fully saturated rings. The first-order valence-electron chi connectivity index (χ1n) is 7.79. The predicted octanol–water partition coefficient (Wildman–Crippen LogP) is 3.84. The molecule has 2 aromatic rings. The summed E-state index contributed by atoms with van der Waals surface area (Å²) in [5.74, 6) is -0.0644. The highest BCUT2D eigenvalue weighted by Gasteiger charge is 2.17.